The number of carbonyl (C=O) groups excluding carboxylic acids is 1. The number of hydrogen-bond acceptors (Lipinski definition) is 3. The van der Waals surface area contributed by atoms with E-state index in [1.807, 2.05) is 0 Å². The van der Waals surface area contributed by atoms with Gasteiger partial charge in [-0.1, -0.05) is 0 Å². The van der Waals surface area contributed by atoms with E-state index in [0.29, 0.717) is 0 Å². The highest BCUT2D eigenvalue weighted by Crippen LogP contribution is 2.27. The molecule has 0 heterocycles. The van der Waals surface area contributed by atoms with Crippen LogP contribution in [0.3, 0.4) is 0 Å². The lowest BCUT2D eigenvalue weighted by Crippen LogP contribution is -2.01. The molecule has 0 saturated carbocycles. The quantitative estimate of drug-likeness (QED) is 0.707. The molecule has 0 aliphatic rings. The molecule has 0 N–H and O–H groups in total. The molecule has 1 aromatic rings. The van der Waals surface area contributed by atoms with E-state index >= 15 is 0 Å². The van der Waals surface area contributed by atoms with Crippen molar-refractivity contribution in [2.45, 2.75) is 0 Å². The molecule has 5 heteroatoms. The Kier molecular flexibility index (Phi) is 3.05. The SMILES string of the molecule is COc1c(C#N)ccc(F)c1C(=O)Cl. The summed E-state index contributed by atoms with van der Waals surface area (Å²) in [6.45, 7) is 0. The zero-order chi connectivity index (χ0) is 10.7. The fourth-order valence-corrected chi connectivity index (χ4v) is 1.22. The van der Waals surface area contributed by atoms with Gasteiger partial charge in [-0.15, -0.1) is 0 Å². The Bertz CT molecular complexity index is 426. The smallest absolute Gasteiger partial charge is 0.259 e. The third-order valence-electron chi connectivity index (χ3n) is 1.63. The van der Waals surface area contributed by atoms with Crippen LogP contribution >= 0.6 is 11.6 Å². The Morgan fingerprint density at radius 2 is 2.29 bits per heavy atom. The maximum Gasteiger partial charge on any atom is 0.259 e. The zero-order valence-corrected chi connectivity index (χ0v) is 7.93. The molecule has 0 bridgehead atoms. The molecular weight excluding hydrogens is 209 g/mol. The molecule has 0 saturated heterocycles. The number of nitriles is 1. The lowest BCUT2D eigenvalue weighted by atomic mass is 10.1. The van der Waals surface area contributed by atoms with E-state index in [4.69, 9.17) is 21.6 Å². The van der Waals surface area contributed by atoms with Gasteiger partial charge in [0.25, 0.3) is 5.24 Å². The van der Waals surface area contributed by atoms with Crippen LogP contribution in [0, 0.1) is 17.1 Å². The van der Waals surface area contributed by atoms with Crippen LogP contribution in [0.2, 0.25) is 0 Å². The Morgan fingerprint density at radius 1 is 1.64 bits per heavy atom. The zero-order valence-electron chi connectivity index (χ0n) is 7.17. The van der Waals surface area contributed by atoms with Crippen LogP contribution in [0.4, 0.5) is 4.39 Å². The third kappa shape index (κ3) is 1.68. The van der Waals surface area contributed by atoms with Gasteiger partial charge in [-0.2, -0.15) is 5.26 Å². The van der Waals surface area contributed by atoms with Crippen LogP contribution in [-0.4, -0.2) is 12.4 Å². The summed E-state index contributed by atoms with van der Waals surface area (Å²) in [5.41, 5.74) is -0.342. The predicted octanol–water partition coefficient (Wildman–Crippen LogP) is 2.08. The van der Waals surface area contributed by atoms with Gasteiger partial charge in [0.05, 0.1) is 12.7 Å². The summed E-state index contributed by atoms with van der Waals surface area (Å²) in [6, 6.07) is 3.98. The van der Waals surface area contributed by atoms with Gasteiger partial charge >= 0.3 is 0 Å². The standard InChI is InChI=1S/C9H5ClFNO2/c1-14-8-5(4-12)2-3-6(11)7(8)9(10)13/h2-3H,1H3. The van der Waals surface area contributed by atoms with E-state index in [9.17, 15) is 9.18 Å². The van der Waals surface area contributed by atoms with Crippen molar-refractivity contribution >= 4 is 16.8 Å². The van der Waals surface area contributed by atoms with Gasteiger partial charge in [-0.3, -0.25) is 4.79 Å². The average Bonchev–Trinajstić information content (AvgIpc) is 2.16. The van der Waals surface area contributed by atoms with Crippen molar-refractivity contribution in [1.82, 2.24) is 0 Å². The van der Waals surface area contributed by atoms with Crippen LogP contribution in [0.25, 0.3) is 0 Å². The molecule has 0 fully saturated rings. The Balaban J connectivity index is 3.53. The second kappa shape index (κ2) is 4.07. The highest BCUT2D eigenvalue weighted by atomic mass is 35.5. The topological polar surface area (TPSA) is 50.1 Å². The number of benzene rings is 1. The molecule has 0 aliphatic heterocycles. The molecule has 1 rings (SSSR count). The summed E-state index contributed by atoms with van der Waals surface area (Å²) in [7, 11) is 1.24. The fourth-order valence-electron chi connectivity index (χ4n) is 1.04. The van der Waals surface area contributed by atoms with E-state index in [1.165, 1.54) is 13.2 Å². The van der Waals surface area contributed by atoms with Crippen molar-refractivity contribution in [3.05, 3.63) is 29.1 Å². The van der Waals surface area contributed by atoms with E-state index in [2.05, 4.69) is 0 Å². The molecule has 1 aromatic carbocycles. The molecule has 0 radical (unpaired) electrons. The first kappa shape index (κ1) is 10.5. The summed E-state index contributed by atoms with van der Waals surface area (Å²) in [4.78, 5) is 10.9. The van der Waals surface area contributed by atoms with Crippen molar-refractivity contribution in [3.8, 4) is 11.8 Å². The van der Waals surface area contributed by atoms with Gasteiger partial charge in [0.15, 0.2) is 5.75 Å². The lowest BCUT2D eigenvalue weighted by Gasteiger charge is -2.06. The summed E-state index contributed by atoms with van der Waals surface area (Å²) in [5, 5.41) is 7.65. The number of rotatable bonds is 2. The minimum atomic E-state index is -0.989. The van der Waals surface area contributed by atoms with Crippen molar-refractivity contribution in [1.29, 1.82) is 5.26 Å². The van der Waals surface area contributed by atoms with Crippen molar-refractivity contribution < 1.29 is 13.9 Å². The molecule has 0 aromatic heterocycles. The molecule has 0 amide bonds. The van der Waals surface area contributed by atoms with Crippen molar-refractivity contribution in [2.75, 3.05) is 7.11 Å². The number of hydrogen-bond donors (Lipinski definition) is 0. The van der Waals surface area contributed by atoms with E-state index in [0.717, 1.165) is 6.07 Å². The number of methoxy groups -OCH3 is 1. The average molecular weight is 214 g/mol. The third-order valence-corrected chi connectivity index (χ3v) is 1.82. The molecule has 0 spiro atoms. The fraction of sp³-hybridized carbons (Fsp3) is 0.111. The van der Waals surface area contributed by atoms with E-state index < -0.39 is 16.6 Å². The molecule has 0 aliphatic carbocycles. The van der Waals surface area contributed by atoms with Gasteiger partial charge in [-0.05, 0) is 23.7 Å². The normalized spacial score (nSPS) is 9.29. The molecule has 72 valence electrons. The first-order valence-electron chi connectivity index (χ1n) is 3.58. The summed E-state index contributed by atoms with van der Waals surface area (Å²) in [5.74, 6) is -0.937. The second-order valence-corrected chi connectivity index (χ2v) is 2.73. The highest BCUT2D eigenvalue weighted by molar-refractivity contribution is 6.68. The van der Waals surface area contributed by atoms with Gasteiger partial charge in [0, 0.05) is 0 Å². The Morgan fingerprint density at radius 3 is 2.71 bits per heavy atom. The highest BCUT2D eigenvalue weighted by Gasteiger charge is 2.19. The molecule has 0 unspecified atom stereocenters. The van der Waals surface area contributed by atoms with Crippen LogP contribution in [-0.2, 0) is 0 Å². The first-order valence-corrected chi connectivity index (χ1v) is 3.96. The molecular formula is C9H5ClFNO2. The van der Waals surface area contributed by atoms with Crippen LogP contribution < -0.4 is 4.74 Å². The maximum atomic E-state index is 13.1. The molecule has 3 nitrogen and oxygen atoms in total. The number of nitrogens with zero attached hydrogens (tertiary/aromatic N) is 1. The predicted molar refractivity (Wildman–Crippen MR) is 47.9 cm³/mol. The molecule has 0 atom stereocenters. The Hall–Kier alpha value is -1.60. The largest absolute Gasteiger partial charge is 0.494 e. The minimum Gasteiger partial charge on any atom is -0.494 e. The molecule has 14 heavy (non-hydrogen) atoms. The maximum absolute atomic E-state index is 13.1. The van der Waals surface area contributed by atoms with Gasteiger partial charge in [0.1, 0.15) is 17.4 Å². The van der Waals surface area contributed by atoms with Crippen molar-refractivity contribution in [2.24, 2.45) is 0 Å². The van der Waals surface area contributed by atoms with Gasteiger partial charge in [0.2, 0.25) is 0 Å². The van der Waals surface area contributed by atoms with Crippen LogP contribution in [0.5, 0.6) is 5.75 Å². The van der Waals surface area contributed by atoms with Crippen LogP contribution in [0.1, 0.15) is 15.9 Å². The number of halogens is 2. The van der Waals surface area contributed by atoms with Crippen molar-refractivity contribution in [3.63, 3.8) is 0 Å². The second-order valence-electron chi connectivity index (χ2n) is 2.39. The van der Waals surface area contributed by atoms with Gasteiger partial charge in [-0.25, -0.2) is 4.39 Å². The Labute approximate surface area is 84.7 Å². The van der Waals surface area contributed by atoms with E-state index in [-0.39, 0.29) is 11.3 Å². The monoisotopic (exact) mass is 213 g/mol. The summed E-state index contributed by atoms with van der Waals surface area (Å²) in [6.07, 6.45) is 0. The van der Waals surface area contributed by atoms with E-state index in [1.54, 1.807) is 6.07 Å². The van der Waals surface area contributed by atoms with Gasteiger partial charge < -0.3 is 4.74 Å². The lowest BCUT2D eigenvalue weighted by molar-refractivity contribution is 0.107. The summed E-state index contributed by atoms with van der Waals surface area (Å²) < 4.78 is 17.9. The number of carbonyl (C=O) groups is 1. The summed E-state index contributed by atoms with van der Waals surface area (Å²) >= 11 is 5.15. The minimum absolute atomic E-state index is 0.0675. The first-order chi connectivity index (χ1) is 6.61. The number of ether oxygens (including phenoxy) is 1. The van der Waals surface area contributed by atoms with Crippen LogP contribution in [0.15, 0.2) is 12.1 Å².